The van der Waals surface area contributed by atoms with E-state index in [9.17, 15) is 14.7 Å². The maximum atomic E-state index is 13.6. The van der Waals surface area contributed by atoms with E-state index in [1.807, 2.05) is 11.6 Å². The zero-order valence-electron chi connectivity index (χ0n) is 20.3. The van der Waals surface area contributed by atoms with Crippen molar-refractivity contribution in [1.29, 1.82) is 0 Å². The highest BCUT2D eigenvalue weighted by Gasteiger charge is 2.42. The Hall–Kier alpha value is -2.41. The van der Waals surface area contributed by atoms with E-state index in [2.05, 4.69) is 12.1 Å². The minimum atomic E-state index is -1.04. The van der Waals surface area contributed by atoms with Gasteiger partial charge in [-0.1, -0.05) is 25.3 Å². The predicted octanol–water partition coefficient (Wildman–Crippen LogP) is 4.05. The molecule has 0 radical (unpaired) electrons. The average molecular weight is 465 g/mol. The van der Waals surface area contributed by atoms with Crippen LogP contribution >= 0.6 is 0 Å². The average Bonchev–Trinajstić information content (AvgIpc) is 3.44. The molecule has 6 rings (SSSR count). The van der Waals surface area contributed by atoms with E-state index in [0.717, 1.165) is 30.3 Å². The van der Waals surface area contributed by atoms with Crippen molar-refractivity contribution in [2.75, 3.05) is 19.6 Å². The molecule has 7 heteroatoms. The molecule has 4 fully saturated rings. The quantitative estimate of drug-likeness (QED) is 0.741. The largest absolute Gasteiger partial charge is 0.371 e. The SMILES string of the molecule is Cn1c(C(=O)N2CCN(C3(O)CCCCC3)C(=O)C2)nc2c(C3CCCC3)cc(C3CC3)cc21. The minimum absolute atomic E-state index is 0.00710. The van der Waals surface area contributed by atoms with E-state index >= 15 is 0 Å². The molecule has 1 aliphatic heterocycles. The molecule has 7 nitrogen and oxygen atoms in total. The van der Waals surface area contributed by atoms with Crippen molar-refractivity contribution in [1.82, 2.24) is 19.4 Å². The van der Waals surface area contributed by atoms with Crippen LogP contribution < -0.4 is 0 Å². The van der Waals surface area contributed by atoms with Crippen LogP contribution in [0.2, 0.25) is 0 Å². The number of amides is 2. The molecule has 2 aromatic rings. The number of carbonyl (C=O) groups is 2. The fourth-order valence-electron chi connectivity index (χ4n) is 6.54. The summed E-state index contributed by atoms with van der Waals surface area (Å²) >= 11 is 0. The minimum Gasteiger partial charge on any atom is -0.371 e. The first-order valence-corrected chi connectivity index (χ1v) is 13.3. The molecule has 0 unspecified atom stereocenters. The summed E-state index contributed by atoms with van der Waals surface area (Å²) in [6.07, 6.45) is 11.7. The van der Waals surface area contributed by atoms with Crippen molar-refractivity contribution in [3.63, 3.8) is 0 Å². The third kappa shape index (κ3) is 3.72. The van der Waals surface area contributed by atoms with Crippen molar-refractivity contribution in [2.24, 2.45) is 7.05 Å². The first-order chi connectivity index (χ1) is 16.4. The van der Waals surface area contributed by atoms with Crippen LogP contribution in [0.25, 0.3) is 11.0 Å². The smallest absolute Gasteiger partial charge is 0.290 e. The van der Waals surface area contributed by atoms with Crippen LogP contribution in [0.1, 0.15) is 104 Å². The summed E-state index contributed by atoms with van der Waals surface area (Å²) in [4.78, 5) is 34.7. The third-order valence-corrected chi connectivity index (χ3v) is 8.74. The zero-order chi connectivity index (χ0) is 23.4. The number of carbonyl (C=O) groups excluding carboxylic acids is 2. The number of aryl methyl sites for hydroxylation is 1. The number of hydrogen-bond acceptors (Lipinski definition) is 4. The second-order valence-electron chi connectivity index (χ2n) is 11.0. The first-order valence-electron chi connectivity index (χ1n) is 13.3. The summed E-state index contributed by atoms with van der Waals surface area (Å²) in [7, 11) is 1.93. The van der Waals surface area contributed by atoms with Crippen LogP contribution in [0.5, 0.6) is 0 Å². The Balaban J connectivity index is 1.28. The molecule has 0 atom stereocenters. The summed E-state index contributed by atoms with van der Waals surface area (Å²) in [6, 6.07) is 4.60. The molecule has 3 saturated carbocycles. The van der Waals surface area contributed by atoms with E-state index in [4.69, 9.17) is 4.98 Å². The van der Waals surface area contributed by atoms with Crippen LogP contribution in [-0.4, -0.2) is 61.6 Å². The van der Waals surface area contributed by atoms with Gasteiger partial charge in [0.1, 0.15) is 12.3 Å². The highest BCUT2D eigenvalue weighted by Crippen LogP contribution is 2.45. The number of piperazine rings is 1. The summed E-state index contributed by atoms with van der Waals surface area (Å²) in [5, 5.41) is 11.0. The van der Waals surface area contributed by atoms with Crippen LogP contribution in [0.4, 0.5) is 0 Å². The second-order valence-corrected chi connectivity index (χ2v) is 11.0. The third-order valence-electron chi connectivity index (χ3n) is 8.74. The second kappa shape index (κ2) is 8.36. The molecule has 182 valence electrons. The number of aliphatic hydroxyl groups is 1. The molecule has 1 aromatic carbocycles. The number of hydrogen-bond donors (Lipinski definition) is 1. The monoisotopic (exact) mass is 464 g/mol. The van der Waals surface area contributed by atoms with Gasteiger partial charge in [-0.15, -0.1) is 0 Å². The van der Waals surface area contributed by atoms with E-state index in [1.54, 1.807) is 9.80 Å². The number of nitrogens with zero attached hydrogens (tertiary/aromatic N) is 4. The van der Waals surface area contributed by atoms with Crippen LogP contribution in [0, 0.1) is 0 Å². The molecular weight excluding hydrogens is 428 g/mol. The molecule has 0 bridgehead atoms. The van der Waals surface area contributed by atoms with Gasteiger partial charge in [-0.05, 0) is 80.4 Å². The van der Waals surface area contributed by atoms with Crippen molar-refractivity contribution >= 4 is 22.8 Å². The number of rotatable bonds is 4. The van der Waals surface area contributed by atoms with Gasteiger partial charge in [0.15, 0.2) is 5.82 Å². The fraction of sp³-hybridized carbons (Fsp3) is 0.667. The summed E-state index contributed by atoms with van der Waals surface area (Å²) in [5.41, 5.74) is 3.66. The lowest BCUT2D eigenvalue weighted by molar-refractivity contribution is -0.173. The van der Waals surface area contributed by atoms with Gasteiger partial charge in [-0.3, -0.25) is 9.59 Å². The van der Waals surface area contributed by atoms with Gasteiger partial charge in [0.25, 0.3) is 5.91 Å². The van der Waals surface area contributed by atoms with E-state index < -0.39 is 5.72 Å². The summed E-state index contributed by atoms with van der Waals surface area (Å²) < 4.78 is 1.94. The molecule has 3 aliphatic carbocycles. The van der Waals surface area contributed by atoms with Crippen molar-refractivity contribution in [3.8, 4) is 0 Å². The summed E-state index contributed by atoms with van der Waals surface area (Å²) in [6.45, 7) is 0.816. The zero-order valence-corrected chi connectivity index (χ0v) is 20.3. The van der Waals surface area contributed by atoms with E-state index in [-0.39, 0.29) is 18.4 Å². The lowest BCUT2D eigenvalue weighted by Crippen LogP contribution is -2.61. The Morgan fingerprint density at radius 3 is 2.41 bits per heavy atom. The lowest BCUT2D eigenvalue weighted by atomic mass is 9.90. The highest BCUT2D eigenvalue weighted by molar-refractivity contribution is 5.98. The Kier molecular flexibility index (Phi) is 5.43. The number of aromatic nitrogens is 2. The lowest BCUT2D eigenvalue weighted by Gasteiger charge is -2.46. The van der Waals surface area contributed by atoms with Gasteiger partial charge in [0, 0.05) is 20.1 Å². The van der Waals surface area contributed by atoms with Gasteiger partial charge in [-0.25, -0.2) is 4.98 Å². The standard InChI is InChI=1S/C27H36N4O3/c1-29-22-16-20(18-9-10-18)15-21(19-7-3-4-8-19)24(22)28-25(29)26(33)30-13-14-31(23(32)17-30)27(34)11-5-2-6-12-27/h15-16,18-19,34H,2-14,17H2,1H3. The molecule has 2 heterocycles. The first kappa shape index (κ1) is 22.1. The van der Waals surface area contributed by atoms with Crippen LogP contribution in [0.15, 0.2) is 12.1 Å². The maximum Gasteiger partial charge on any atom is 0.290 e. The molecule has 34 heavy (non-hydrogen) atoms. The molecule has 1 aromatic heterocycles. The Morgan fingerprint density at radius 2 is 1.74 bits per heavy atom. The topological polar surface area (TPSA) is 78.7 Å². The van der Waals surface area contributed by atoms with Crippen molar-refractivity contribution in [3.05, 3.63) is 29.1 Å². The van der Waals surface area contributed by atoms with E-state index in [1.165, 1.54) is 49.7 Å². The van der Waals surface area contributed by atoms with Crippen LogP contribution in [-0.2, 0) is 11.8 Å². The number of fused-ring (bicyclic) bond motifs is 1. The van der Waals surface area contributed by atoms with Gasteiger partial charge in [0.05, 0.1) is 11.0 Å². The molecular formula is C27H36N4O3. The number of benzene rings is 1. The molecule has 1 saturated heterocycles. The maximum absolute atomic E-state index is 13.6. The van der Waals surface area contributed by atoms with Gasteiger partial charge in [-0.2, -0.15) is 0 Å². The molecule has 1 N–H and O–H groups in total. The van der Waals surface area contributed by atoms with E-state index in [0.29, 0.717) is 43.6 Å². The molecule has 0 spiro atoms. The summed E-state index contributed by atoms with van der Waals surface area (Å²) in [5.74, 6) is 1.24. The van der Waals surface area contributed by atoms with Gasteiger partial charge >= 0.3 is 0 Å². The van der Waals surface area contributed by atoms with Crippen molar-refractivity contribution < 1.29 is 14.7 Å². The van der Waals surface area contributed by atoms with Gasteiger partial charge in [0.2, 0.25) is 5.91 Å². The van der Waals surface area contributed by atoms with Crippen LogP contribution in [0.3, 0.4) is 0 Å². The number of imidazole rings is 1. The normalized spacial score (nSPS) is 23.8. The highest BCUT2D eigenvalue weighted by atomic mass is 16.3. The fourth-order valence-corrected chi connectivity index (χ4v) is 6.54. The Morgan fingerprint density at radius 1 is 1.00 bits per heavy atom. The van der Waals surface area contributed by atoms with Gasteiger partial charge < -0.3 is 19.5 Å². The molecule has 4 aliphatic rings. The molecule has 2 amide bonds. The Bertz CT molecular complexity index is 1120. The predicted molar refractivity (Wildman–Crippen MR) is 130 cm³/mol. The van der Waals surface area contributed by atoms with Crippen molar-refractivity contribution in [2.45, 2.75) is 88.2 Å². The Labute approximate surface area is 201 Å².